The fraction of sp³-hybridized carbons (Fsp3) is 0.440. The average Bonchev–Trinajstić information content (AvgIpc) is 2.85. The molecule has 0 spiro atoms. The summed E-state index contributed by atoms with van der Waals surface area (Å²) in [5.74, 6) is 0.0140. The maximum atomic E-state index is 12.9. The normalized spacial score (nSPS) is 18.8. The first-order valence-electron chi connectivity index (χ1n) is 11.3. The maximum absolute atomic E-state index is 12.9. The van der Waals surface area contributed by atoms with Crippen molar-refractivity contribution in [2.75, 3.05) is 45.9 Å². The highest BCUT2D eigenvalue weighted by Crippen LogP contribution is 2.23. The molecule has 32 heavy (non-hydrogen) atoms. The Balaban J connectivity index is 1.30. The Labute approximate surface area is 194 Å². The molecule has 2 aliphatic heterocycles. The van der Waals surface area contributed by atoms with Crippen molar-refractivity contribution in [3.63, 3.8) is 0 Å². The van der Waals surface area contributed by atoms with Gasteiger partial charge in [0.15, 0.2) is 0 Å². The molecular formula is C25H30ClN3O3. The number of hydrogen-bond donors (Lipinski definition) is 1. The van der Waals surface area contributed by atoms with Gasteiger partial charge in [0.1, 0.15) is 0 Å². The van der Waals surface area contributed by atoms with Crippen LogP contribution in [0.15, 0.2) is 54.6 Å². The van der Waals surface area contributed by atoms with E-state index in [2.05, 4.69) is 22.3 Å². The third kappa shape index (κ3) is 5.68. The SMILES string of the molecule is O=C(NCC(c1ccccc1)N1CCOCC1)C1CCN(C(=O)c2ccc(Cl)cc2)CC1. The van der Waals surface area contributed by atoms with Crippen molar-refractivity contribution >= 4 is 23.4 Å². The quantitative estimate of drug-likeness (QED) is 0.725. The van der Waals surface area contributed by atoms with Gasteiger partial charge in [0.05, 0.1) is 19.3 Å². The lowest BCUT2D eigenvalue weighted by molar-refractivity contribution is -0.126. The van der Waals surface area contributed by atoms with Crippen LogP contribution in [0.3, 0.4) is 0 Å². The third-order valence-electron chi connectivity index (χ3n) is 6.38. The maximum Gasteiger partial charge on any atom is 0.253 e. The van der Waals surface area contributed by atoms with Gasteiger partial charge in [-0.15, -0.1) is 0 Å². The smallest absolute Gasteiger partial charge is 0.253 e. The molecule has 0 aromatic heterocycles. The summed E-state index contributed by atoms with van der Waals surface area (Å²) >= 11 is 5.92. The van der Waals surface area contributed by atoms with E-state index in [1.165, 1.54) is 5.56 Å². The van der Waals surface area contributed by atoms with Gasteiger partial charge in [-0.2, -0.15) is 0 Å². The predicted molar refractivity (Wildman–Crippen MR) is 125 cm³/mol. The molecule has 2 aliphatic rings. The lowest BCUT2D eigenvalue weighted by Gasteiger charge is -2.36. The molecule has 2 aromatic carbocycles. The number of hydrogen-bond acceptors (Lipinski definition) is 4. The second-order valence-corrected chi connectivity index (χ2v) is 8.83. The molecule has 2 fully saturated rings. The molecule has 7 heteroatoms. The minimum absolute atomic E-state index is 0.00279. The van der Waals surface area contributed by atoms with Gasteiger partial charge in [-0.05, 0) is 42.7 Å². The zero-order chi connectivity index (χ0) is 22.3. The zero-order valence-electron chi connectivity index (χ0n) is 18.2. The number of morpholine rings is 1. The van der Waals surface area contributed by atoms with Crippen molar-refractivity contribution in [2.45, 2.75) is 18.9 Å². The number of carbonyl (C=O) groups is 2. The van der Waals surface area contributed by atoms with Crippen molar-refractivity contribution < 1.29 is 14.3 Å². The van der Waals surface area contributed by atoms with Crippen LogP contribution >= 0.6 is 11.6 Å². The van der Waals surface area contributed by atoms with Crippen LogP contribution in [-0.4, -0.2) is 67.6 Å². The van der Waals surface area contributed by atoms with Crippen LogP contribution in [0.1, 0.15) is 34.8 Å². The van der Waals surface area contributed by atoms with E-state index in [0.717, 1.165) is 26.3 Å². The van der Waals surface area contributed by atoms with E-state index in [1.807, 2.05) is 23.1 Å². The number of carbonyl (C=O) groups excluding carboxylic acids is 2. The Kier molecular flexibility index (Phi) is 7.79. The van der Waals surface area contributed by atoms with E-state index in [0.29, 0.717) is 43.1 Å². The van der Waals surface area contributed by atoms with Gasteiger partial charge in [0.25, 0.3) is 5.91 Å². The van der Waals surface area contributed by atoms with Gasteiger partial charge in [0, 0.05) is 49.2 Å². The minimum Gasteiger partial charge on any atom is -0.379 e. The molecule has 1 N–H and O–H groups in total. The number of benzene rings is 2. The number of ether oxygens (including phenoxy) is 1. The molecule has 4 rings (SSSR count). The summed E-state index contributed by atoms with van der Waals surface area (Å²) in [4.78, 5) is 29.8. The molecule has 0 bridgehead atoms. The molecule has 2 amide bonds. The van der Waals surface area contributed by atoms with E-state index >= 15 is 0 Å². The highest BCUT2D eigenvalue weighted by Gasteiger charge is 2.29. The largest absolute Gasteiger partial charge is 0.379 e. The monoisotopic (exact) mass is 455 g/mol. The second-order valence-electron chi connectivity index (χ2n) is 8.39. The van der Waals surface area contributed by atoms with Crippen molar-refractivity contribution in [1.29, 1.82) is 0 Å². The Morgan fingerprint density at radius 3 is 2.28 bits per heavy atom. The molecule has 2 aromatic rings. The standard InChI is InChI=1S/C25H30ClN3O3/c26-22-8-6-21(7-9-22)25(31)29-12-10-20(11-13-29)24(30)27-18-23(19-4-2-1-3-5-19)28-14-16-32-17-15-28/h1-9,20,23H,10-18H2,(H,27,30). The molecule has 0 aliphatic carbocycles. The Bertz CT molecular complexity index is 892. The molecule has 2 heterocycles. The summed E-state index contributed by atoms with van der Waals surface area (Å²) in [5.41, 5.74) is 1.84. The summed E-state index contributed by atoms with van der Waals surface area (Å²) in [6.07, 6.45) is 1.36. The number of nitrogens with zero attached hydrogens (tertiary/aromatic N) is 2. The van der Waals surface area contributed by atoms with Gasteiger partial charge >= 0.3 is 0 Å². The zero-order valence-corrected chi connectivity index (χ0v) is 19.0. The molecule has 170 valence electrons. The van der Waals surface area contributed by atoms with Crippen molar-refractivity contribution in [3.8, 4) is 0 Å². The first kappa shape index (κ1) is 22.8. The number of likely N-dealkylation sites (tertiary alicyclic amines) is 1. The summed E-state index contributed by atoms with van der Waals surface area (Å²) < 4.78 is 5.51. The molecule has 1 unspecified atom stereocenters. The first-order valence-corrected chi connectivity index (χ1v) is 11.7. The summed E-state index contributed by atoms with van der Waals surface area (Å²) in [7, 11) is 0. The van der Waals surface area contributed by atoms with Crippen LogP contribution in [0.25, 0.3) is 0 Å². The highest BCUT2D eigenvalue weighted by molar-refractivity contribution is 6.30. The number of piperidine rings is 1. The minimum atomic E-state index is -0.0645. The van der Waals surface area contributed by atoms with E-state index in [-0.39, 0.29) is 23.8 Å². The fourth-order valence-electron chi connectivity index (χ4n) is 4.48. The first-order chi connectivity index (χ1) is 15.6. The van der Waals surface area contributed by atoms with Crippen LogP contribution < -0.4 is 5.32 Å². The van der Waals surface area contributed by atoms with Gasteiger partial charge in [0.2, 0.25) is 5.91 Å². The van der Waals surface area contributed by atoms with Crippen LogP contribution in [0.5, 0.6) is 0 Å². The number of rotatable bonds is 6. The fourth-order valence-corrected chi connectivity index (χ4v) is 4.61. The lowest BCUT2D eigenvalue weighted by atomic mass is 9.95. The molecule has 6 nitrogen and oxygen atoms in total. The average molecular weight is 456 g/mol. The van der Waals surface area contributed by atoms with Crippen molar-refractivity contribution in [1.82, 2.24) is 15.1 Å². The summed E-state index contributed by atoms with van der Waals surface area (Å²) in [6.45, 7) is 4.92. The van der Waals surface area contributed by atoms with E-state index in [1.54, 1.807) is 24.3 Å². The highest BCUT2D eigenvalue weighted by atomic mass is 35.5. The van der Waals surface area contributed by atoms with E-state index in [4.69, 9.17) is 16.3 Å². The molecule has 2 saturated heterocycles. The van der Waals surface area contributed by atoms with Crippen molar-refractivity contribution in [3.05, 3.63) is 70.7 Å². The van der Waals surface area contributed by atoms with Gasteiger partial charge in [-0.1, -0.05) is 41.9 Å². The number of amides is 2. The number of nitrogens with one attached hydrogen (secondary N) is 1. The Hall–Kier alpha value is -2.41. The van der Waals surface area contributed by atoms with E-state index in [9.17, 15) is 9.59 Å². The topological polar surface area (TPSA) is 61.9 Å². The van der Waals surface area contributed by atoms with Crippen molar-refractivity contribution in [2.24, 2.45) is 5.92 Å². The lowest BCUT2D eigenvalue weighted by Crippen LogP contribution is -2.46. The second kappa shape index (κ2) is 10.9. The van der Waals surface area contributed by atoms with Crippen LogP contribution in [0.2, 0.25) is 5.02 Å². The molecular weight excluding hydrogens is 426 g/mol. The summed E-state index contributed by atoms with van der Waals surface area (Å²) in [6, 6.07) is 17.4. The Morgan fingerprint density at radius 1 is 0.969 bits per heavy atom. The van der Waals surface area contributed by atoms with E-state index < -0.39 is 0 Å². The van der Waals surface area contributed by atoms with Gasteiger partial charge < -0.3 is 15.0 Å². The molecule has 0 saturated carbocycles. The van der Waals surface area contributed by atoms with Gasteiger partial charge in [-0.25, -0.2) is 0 Å². The number of halogens is 1. The van der Waals surface area contributed by atoms with Gasteiger partial charge in [-0.3, -0.25) is 14.5 Å². The molecule has 0 radical (unpaired) electrons. The summed E-state index contributed by atoms with van der Waals surface area (Å²) in [5, 5.41) is 3.80. The van der Waals surface area contributed by atoms with Crippen LogP contribution in [0.4, 0.5) is 0 Å². The Morgan fingerprint density at radius 2 is 1.62 bits per heavy atom. The molecule has 1 atom stereocenters. The van der Waals surface area contributed by atoms with Crippen LogP contribution in [0, 0.1) is 5.92 Å². The third-order valence-corrected chi connectivity index (χ3v) is 6.64. The van der Waals surface area contributed by atoms with Crippen LogP contribution in [-0.2, 0) is 9.53 Å². The predicted octanol–water partition coefficient (Wildman–Crippen LogP) is 3.38.